The molecule has 0 aliphatic carbocycles. The average molecular weight is 257 g/mol. The molecule has 0 spiro atoms. The number of aliphatic hydroxyl groups is 1. The fraction of sp³-hybridized carbons (Fsp3) is 0.846. The Morgan fingerprint density at radius 3 is 2.89 bits per heavy atom. The third-order valence-corrected chi connectivity index (χ3v) is 3.13. The van der Waals surface area contributed by atoms with Crippen molar-refractivity contribution in [1.82, 2.24) is 4.90 Å². The van der Waals surface area contributed by atoms with E-state index in [2.05, 4.69) is 6.92 Å². The molecule has 0 aromatic carbocycles. The van der Waals surface area contributed by atoms with Gasteiger partial charge in [0.15, 0.2) is 0 Å². The van der Waals surface area contributed by atoms with E-state index in [1.54, 1.807) is 11.8 Å². The summed E-state index contributed by atoms with van der Waals surface area (Å²) in [6.07, 6.45) is 1.80. The molecule has 1 heterocycles. The summed E-state index contributed by atoms with van der Waals surface area (Å²) in [6, 6.07) is 0. The zero-order chi connectivity index (χ0) is 13.5. The number of carbonyl (C=O) groups is 2. The molecule has 0 aromatic heterocycles. The second-order valence-corrected chi connectivity index (χ2v) is 4.82. The molecule has 1 aliphatic rings. The van der Waals surface area contributed by atoms with E-state index in [0.29, 0.717) is 25.5 Å². The second-order valence-electron chi connectivity index (χ2n) is 4.82. The molecule has 104 valence electrons. The molecule has 0 radical (unpaired) electrons. The van der Waals surface area contributed by atoms with Gasteiger partial charge in [-0.1, -0.05) is 13.3 Å². The number of aliphatic hydroxyl groups excluding tert-OH is 1. The largest absolute Gasteiger partial charge is 0.466 e. The van der Waals surface area contributed by atoms with Crippen molar-refractivity contribution >= 4 is 11.9 Å². The van der Waals surface area contributed by atoms with Crippen molar-refractivity contribution in [3.05, 3.63) is 0 Å². The zero-order valence-electron chi connectivity index (χ0n) is 11.2. The number of likely N-dealkylation sites (tertiary alicyclic amines) is 1. The van der Waals surface area contributed by atoms with Crippen LogP contribution in [0.5, 0.6) is 0 Å². The Balaban J connectivity index is 2.33. The van der Waals surface area contributed by atoms with Crippen molar-refractivity contribution < 1.29 is 19.4 Å². The lowest BCUT2D eigenvalue weighted by Crippen LogP contribution is -2.35. The van der Waals surface area contributed by atoms with Crippen LogP contribution in [0.1, 0.15) is 39.5 Å². The van der Waals surface area contributed by atoms with E-state index >= 15 is 0 Å². The van der Waals surface area contributed by atoms with E-state index in [-0.39, 0.29) is 18.9 Å². The molecular formula is C13H23NO4. The zero-order valence-corrected chi connectivity index (χ0v) is 11.2. The van der Waals surface area contributed by atoms with Crippen LogP contribution < -0.4 is 0 Å². The molecule has 1 saturated heterocycles. The van der Waals surface area contributed by atoms with Crippen molar-refractivity contribution in [2.75, 3.05) is 19.7 Å². The van der Waals surface area contributed by atoms with Gasteiger partial charge >= 0.3 is 5.97 Å². The average Bonchev–Trinajstić information content (AvgIpc) is 2.59. The Morgan fingerprint density at radius 2 is 2.28 bits per heavy atom. The number of esters is 1. The molecular weight excluding hydrogens is 234 g/mol. The second kappa shape index (κ2) is 7.36. The van der Waals surface area contributed by atoms with E-state index in [9.17, 15) is 14.7 Å². The fourth-order valence-electron chi connectivity index (χ4n) is 2.36. The van der Waals surface area contributed by atoms with Gasteiger partial charge in [-0.15, -0.1) is 0 Å². The number of ether oxygens (including phenoxy) is 1. The molecule has 1 aliphatic heterocycles. The lowest BCUT2D eigenvalue weighted by Gasteiger charge is -2.20. The number of carbonyl (C=O) groups excluding carboxylic acids is 2. The minimum absolute atomic E-state index is 0.0456. The summed E-state index contributed by atoms with van der Waals surface area (Å²) in [4.78, 5) is 24.6. The van der Waals surface area contributed by atoms with Crippen molar-refractivity contribution in [3.8, 4) is 0 Å². The highest BCUT2D eigenvalue weighted by Gasteiger charge is 2.30. The summed E-state index contributed by atoms with van der Waals surface area (Å²) in [5.41, 5.74) is 0. The summed E-state index contributed by atoms with van der Waals surface area (Å²) < 4.78 is 4.76. The number of nitrogens with zero attached hydrogens (tertiary/aromatic N) is 1. The SMILES string of the molecule is CCCC1CC(=O)N(CC(O)CC(=O)OCC)C1. The number of rotatable bonds is 7. The highest BCUT2D eigenvalue weighted by atomic mass is 16.5. The minimum atomic E-state index is -0.826. The first-order valence-electron chi connectivity index (χ1n) is 6.68. The third-order valence-electron chi connectivity index (χ3n) is 3.13. The topological polar surface area (TPSA) is 66.8 Å². The lowest BCUT2D eigenvalue weighted by atomic mass is 10.0. The van der Waals surface area contributed by atoms with Crippen LogP contribution in [-0.4, -0.2) is 47.7 Å². The molecule has 1 rings (SSSR count). The van der Waals surface area contributed by atoms with Gasteiger partial charge < -0.3 is 14.7 Å². The van der Waals surface area contributed by atoms with Crippen LogP contribution in [0.4, 0.5) is 0 Å². The maximum atomic E-state index is 11.7. The van der Waals surface area contributed by atoms with E-state index in [1.165, 1.54) is 0 Å². The Morgan fingerprint density at radius 1 is 1.56 bits per heavy atom. The van der Waals surface area contributed by atoms with E-state index in [1.807, 2.05) is 0 Å². The van der Waals surface area contributed by atoms with Crippen LogP contribution in [0.15, 0.2) is 0 Å². The van der Waals surface area contributed by atoms with Gasteiger partial charge in [0.25, 0.3) is 0 Å². The Kier molecular flexibility index (Phi) is 6.12. The highest BCUT2D eigenvalue weighted by molar-refractivity contribution is 5.78. The fourth-order valence-corrected chi connectivity index (χ4v) is 2.36. The Bertz CT molecular complexity index is 293. The van der Waals surface area contributed by atoms with Gasteiger partial charge in [-0.05, 0) is 19.3 Å². The summed E-state index contributed by atoms with van der Waals surface area (Å²) in [6.45, 7) is 5.07. The molecule has 18 heavy (non-hydrogen) atoms. The number of hydrogen-bond donors (Lipinski definition) is 1. The first-order valence-corrected chi connectivity index (χ1v) is 6.68. The summed E-state index contributed by atoms with van der Waals surface area (Å²) in [5.74, 6) is 0.0652. The lowest BCUT2D eigenvalue weighted by molar-refractivity contribution is -0.146. The molecule has 0 aromatic rings. The number of hydrogen-bond acceptors (Lipinski definition) is 4. The summed E-state index contributed by atoms with van der Waals surface area (Å²) in [5, 5.41) is 9.75. The molecule has 2 atom stereocenters. The van der Waals surface area contributed by atoms with Gasteiger partial charge in [0.05, 0.1) is 19.1 Å². The molecule has 0 bridgehead atoms. The molecule has 1 fully saturated rings. The first kappa shape index (κ1) is 15.0. The predicted octanol–water partition coefficient (Wildman–Crippen LogP) is 0.949. The van der Waals surface area contributed by atoms with Crippen molar-refractivity contribution in [3.63, 3.8) is 0 Å². The standard InChI is InChI=1S/C13H23NO4/c1-3-5-10-6-12(16)14(8-10)9-11(15)7-13(17)18-4-2/h10-11,15H,3-9H2,1-2H3. The Hall–Kier alpha value is -1.10. The van der Waals surface area contributed by atoms with Gasteiger partial charge in [0, 0.05) is 19.5 Å². The quantitative estimate of drug-likeness (QED) is 0.690. The summed E-state index contributed by atoms with van der Waals surface area (Å²) >= 11 is 0. The third kappa shape index (κ3) is 4.64. The molecule has 1 N–H and O–H groups in total. The van der Waals surface area contributed by atoms with Gasteiger partial charge in [0.2, 0.25) is 5.91 Å². The van der Waals surface area contributed by atoms with E-state index < -0.39 is 12.1 Å². The van der Waals surface area contributed by atoms with E-state index in [4.69, 9.17) is 4.74 Å². The summed E-state index contributed by atoms with van der Waals surface area (Å²) in [7, 11) is 0. The molecule has 5 heteroatoms. The van der Waals surface area contributed by atoms with Crippen LogP contribution in [0.2, 0.25) is 0 Å². The maximum Gasteiger partial charge on any atom is 0.308 e. The van der Waals surface area contributed by atoms with Crippen LogP contribution in [0.3, 0.4) is 0 Å². The highest BCUT2D eigenvalue weighted by Crippen LogP contribution is 2.22. The van der Waals surface area contributed by atoms with Crippen LogP contribution in [0, 0.1) is 5.92 Å². The Labute approximate surface area is 108 Å². The molecule has 2 unspecified atom stereocenters. The van der Waals surface area contributed by atoms with Gasteiger partial charge in [0.1, 0.15) is 0 Å². The molecule has 1 amide bonds. The predicted molar refractivity (Wildman–Crippen MR) is 66.9 cm³/mol. The van der Waals surface area contributed by atoms with Crippen LogP contribution in [0.25, 0.3) is 0 Å². The number of amides is 1. The van der Waals surface area contributed by atoms with Crippen LogP contribution >= 0.6 is 0 Å². The first-order chi connectivity index (χ1) is 8.56. The van der Waals surface area contributed by atoms with Gasteiger partial charge in [-0.3, -0.25) is 9.59 Å². The molecule has 5 nitrogen and oxygen atoms in total. The number of β-amino-alcohol motifs (C(OH)–C–C–N with tert-alkyl or cyclic N) is 1. The van der Waals surface area contributed by atoms with E-state index in [0.717, 1.165) is 12.8 Å². The monoisotopic (exact) mass is 257 g/mol. The van der Waals surface area contributed by atoms with Gasteiger partial charge in [-0.2, -0.15) is 0 Å². The van der Waals surface area contributed by atoms with Crippen LogP contribution in [-0.2, 0) is 14.3 Å². The van der Waals surface area contributed by atoms with Crippen molar-refractivity contribution in [2.24, 2.45) is 5.92 Å². The minimum Gasteiger partial charge on any atom is -0.466 e. The maximum absolute atomic E-state index is 11.7. The van der Waals surface area contributed by atoms with Crippen molar-refractivity contribution in [2.45, 2.75) is 45.6 Å². The van der Waals surface area contributed by atoms with Gasteiger partial charge in [-0.25, -0.2) is 0 Å². The molecule has 0 saturated carbocycles. The van der Waals surface area contributed by atoms with Crippen molar-refractivity contribution in [1.29, 1.82) is 0 Å². The smallest absolute Gasteiger partial charge is 0.308 e. The normalized spacial score (nSPS) is 21.2.